The number of pyridine rings is 1. The van der Waals surface area contributed by atoms with E-state index >= 15 is 0 Å². The average Bonchev–Trinajstić information content (AvgIpc) is 2.42. The van der Waals surface area contributed by atoms with E-state index in [0.717, 1.165) is 25.6 Å². The van der Waals surface area contributed by atoms with Crippen LogP contribution in [0.5, 0.6) is 0 Å². The molecule has 1 aromatic heterocycles. The van der Waals surface area contributed by atoms with E-state index in [9.17, 15) is 14.9 Å². The molecular formula is C13H17ClN4O3. The van der Waals surface area contributed by atoms with Crippen molar-refractivity contribution in [3.63, 3.8) is 0 Å². The molecule has 2 heterocycles. The first kappa shape index (κ1) is 15.7. The second-order valence-electron chi connectivity index (χ2n) is 5.31. The lowest BCUT2D eigenvalue weighted by Gasteiger charge is -2.35. The fourth-order valence-electron chi connectivity index (χ4n) is 2.43. The Kier molecular flexibility index (Phi) is 4.74. The number of likely N-dealkylation sites (tertiary alicyclic amines) is 1. The van der Waals surface area contributed by atoms with Crippen LogP contribution in [0.3, 0.4) is 0 Å². The molecule has 2 atom stereocenters. The monoisotopic (exact) mass is 312 g/mol. The maximum atomic E-state index is 12.3. The third-order valence-electron chi connectivity index (χ3n) is 3.83. The van der Waals surface area contributed by atoms with Crippen molar-refractivity contribution >= 4 is 23.2 Å². The van der Waals surface area contributed by atoms with Gasteiger partial charge in [-0.1, -0.05) is 11.6 Å². The minimum Gasteiger partial charge on any atom is -0.349 e. The van der Waals surface area contributed by atoms with Gasteiger partial charge >= 0.3 is 0 Å². The molecule has 1 aliphatic rings. The maximum Gasteiger partial charge on any atom is 0.300 e. The fraction of sp³-hybridized carbons (Fsp3) is 0.538. The molecule has 2 rings (SSSR count). The predicted octanol–water partition coefficient (Wildman–Crippen LogP) is 1.86. The zero-order valence-electron chi connectivity index (χ0n) is 11.9. The average molecular weight is 313 g/mol. The zero-order chi connectivity index (χ0) is 15.6. The summed E-state index contributed by atoms with van der Waals surface area (Å²) in [5, 5.41) is 13.9. The Morgan fingerprint density at radius 2 is 2.33 bits per heavy atom. The van der Waals surface area contributed by atoms with Crippen molar-refractivity contribution < 1.29 is 9.72 Å². The Hall–Kier alpha value is -1.73. The summed E-state index contributed by atoms with van der Waals surface area (Å²) in [5.74, 6) is -0.479. The third kappa shape index (κ3) is 3.68. The van der Waals surface area contributed by atoms with E-state index < -0.39 is 10.8 Å². The van der Waals surface area contributed by atoms with Gasteiger partial charge in [-0.25, -0.2) is 4.98 Å². The minimum atomic E-state index is -0.629. The van der Waals surface area contributed by atoms with Crippen molar-refractivity contribution in [2.45, 2.75) is 31.8 Å². The smallest absolute Gasteiger partial charge is 0.300 e. The van der Waals surface area contributed by atoms with Gasteiger partial charge in [-0.05, 0) is 32.9 Å². The summed E-state index contributed by atoms with van der Waals surface area (Å²) in [4.78, 5) is 28.5. The van der Waals surface area contributed by atoms with Gasteiger partial charge < -0.3 is 10.2 Å². The predicted molar refractivity (Wildman–Crippen MR) is 78.5 cm³/mol. The highest BCUT2D eigenvalue weighted by Crippen LogP contribution is 2.22. The van der Waals surface area contributed by atoms with Crippen molar-refractivity contribution in [1.29, 1.82) is 0 Å². The maximum absolute atomic E-state index is 12.3. The molecule has 21 heavy (non-hydrogen) atoms. The molecule has 0 aromatic carbocycles. The van der Waals surface area contributed by atoms with Gasteiger partial charge in [0.25, 0.3) is 11.6 Å². The second-order valence-corrected chi connectivity index (χ2v) is 5.69. The van der Waals surface area contributed by atoms with E-state index in [-0.39, 0.29) is 22.4 Å². The largest absolute Gasteiger partial charge is 0.349 e. The second kappa shape index (κ2) is 6.36. The lowest BCUT2D eigenvalue weighted by molar-refractivity contribution is -0.385. The van der Waals surface area contributed by atoms with Crippen molar-refractivity contribution in [2.24, 2.45) is 0 Å². The van der Waals surface area contributed by atoms with Gasteiger partial charge in [0.15, 0.2) is 0 Å². The summed E-state index contributed by atoms with van der Waals surface area (Å²) in [6.45, 7) is 2.97. The number of nitrogens with zero attached hydrogens (tertiary/aromatic N) is 3. The molecular weight excluding hydrogens is 296 g/mol. The van der Waals surface area contributed by atoms with Crippen LogP contribution < -0.4 is 5.32 Å². The van der Waals surface area contributed by atoms with E-state index in [2.05, 4.69) is 22.1 Å². The van der Waals surface area contributed by atoms with E-state index in [0.29, 0.717) is 6.04 Å². The van der Waals surface area contributed by atoms with Gasteiger partial charge in [-0.2, -0.15) is 0 Å². The van der Waals surface area contributed by atoms with Gasteiger partial charge in [0.2, 0.25) is 0 Å². The Balaban J connectivity index is 2.13. The standard InChI is InChI=1S/C13H17ClN4O3/c1-8-5-9(3-4-17(8)2)16-13(19)10-6-12(14)15-7-11(10)18(20)21/h6-9H,3-5H2,1-2H3,(H,16,19). The van der Waals surface area contributed by atoms with Crippen LogP contribution in [0.1, 0.15) is 30.1 Å². The molecule has 0 bridgehead atoms. The Labute approximate surface area is 127 Å². The molecule has 8 heteroatoms. The number of rotatable bonds is 3. The summed E-state index contributed by atoms with van der Waals surface area (Å²) in [5.41, 5.74) is -0.385. The molecule has 1 N–H and O–H groups in total. The van der Waals surface area contributed by atoms with E-state index in [1.807, 2.05) is 7.05 Å². The van der Waals surface area contributed by atoms with Gasteiger partial charge in [-0.3, -0.25) is 14.9 Å². The summed E-state index contributed by atoms with van der Waals surface area (Å²) < 4.78 is 0. The highest BCUT2D eigenvalue weighted by Gasteiger charge is 2.27. The number of hydrogen-bond acceptors (Lipinski definition) is 5. The Bertz CT molecular complexity index is 566. The van der Waals surface area contributed by atoms with Crippen LogP contribution in [0.15, 0.2) is 12.3 Å². The molecule has 114 valence electrons. The molecule has 0 aliphatic carbocycles. The molecule has 1 saturated heterocycles. The van der Waals surface area contributed by atoms with Crippen LogP contribution in [-0.4, -0.2) is 46.4 Å². The number of halogens is 1. The molecule has 2 unspecified atom stereocenters. The number of aromatic nitrogens is 1. The van der Waals surface area contributed by atoms with Crippen LogP contribution in [0, 0.1) is 10.1 Å². The van der Waals surface area contributed by atoms with Crippen LogP contribution >= 0.6 is 11.6 Å². The normalized spacial score (nSPS) is 22.8. The highest BCUT2D eigenvalue weighted by atomic mass is 35.5. The first-order valence-electron chi connectivity index (χ1n) is 6.69. The van der Waals surface area contributed by atoms with Crippen LogP contribution in [0.4, 0.5) is 5.69 Å². The van der Waals surface area contributed by atoms with E-state index in [1.165, 1.54) is 6.07 Å². The third-order valence-corrected chi connectivity index (χ3v) is 4.04. The fourth-order valence-corrected chi connectivity index (χ4v) is 2.59. The van der Waals surface area contributed by atoms with Gasteiger partial charge in [0.1, 0.15) is 16.9 Å². The first-order valence-corrected chi connectivity index (χ1v) is 7.07. The molecule has 0 spiro atoms. The SMILES string of the molecule is CC1CC(NC(=O)c2cc(Cl)ncc2[N+](=O)[O-])CCN1C. The Morgan fingerprint density at radius 1 is 1.62 bits per heavy atom. The van der Waals surface area contributed by atoms with E-state index in [1.54, 1.807) is 0 Å². The molecule has 7 nitrogen and oxygen atoms in total. The zero-order valence-corrected chi connectivity index (χ0v) is 12.6. The lowest BCUT2D eigenvalue weighted by atomic mass is 9.98. The molecule has 1 aliphatic heterocycles. The molecule has 1 fully saturated rings. The quantitative estimate of drug-likeness (QED) is 0.523. The van der Waals surface area contributed by atoms with Crippen molar-refractivity contribution in [3.05, 3.63) is 33.1 Å². The number of amides is 1. The number of carbonyl (C=O) groups excluding carboxylic acids is 1. The van der Waals surface area contributed by atoms with Gasteiger partial charge in [0.05, 0.1) is 4.92 Å². The van der Waals surface area contributed by atoms with Crippen molar-refractivity contribution in [3.8, 4) is 0 Å². The molecule has 0 radical (unpaired) electrons. The summed E-state index contributed by atoms with van der Waals surface area (Å²) in [7, 11) is 2.04. The highest BCUT2D eigenvalue weighted by molar-refractivity contribution is 6.29. The number of piperidine rings is 1. The van der Waals surface area contributed by atoms with Crippen LogP contribution in [0.25, 0.3) is 0 Å². The van der Waals surface area contributed by atoms with Gasteiger partial charge in [-0.15, -0.1) is 0 Å². The van der Waals surface area contributed by atoms with Crippen LogP contribution in [-0.2, 0) is 0 Å². The molecule has 1 aromatic rings. The summed E-state index contributed by atoms with van der Waals surface area (Å²) in [6.07, 6.45) is 2.64. The van der Waals surface area contributed by atoms with Crippen LogP contribution in [0.2, 0.25) is 5.15 Å². The first-order chi connectivity index (χ1) is 9.88. The van der Waals surface area contributed by atoms with Gasteiger partial charge in [0, 0.05) is 18.6 Å². The lowest BCUT2D eigenvalue weighted by Crippen LogP contribution is -2.47. The van der Waals surface area contributed by atoms with Crippen molar-refractivity contribution in [1.82, 2.24) is 15.2 Å². The van der Waals surface area contributed by atoms with E-state index in [4.69, 9.17) is 11.6 Å². The number of nitrogens with one attached hydrogen (secondary N) is 1. The minimum absolute atomic E-state index is 0.00949. The summed E-state index contributed by atoms with van der Waals surface area (Å²) >= 11 is 5.73. The number of carbonyl (C=O) groups is 1. The topological polar surface area (TPSA) is 88.4 Å². The molecule has 0 saturated carbocycles. The summed E-state index contributed by atoms with van der Waals surface area (Å²) in [6, 6.07) is 1.60. The number of hydrogen-bond donors (Lipinski definition) is 1. The number of nitro groups is 1. The van der Waals surface area contributed by atoms with Crippen molar-refractivity contribution in [2.75, 3.05) is 13.6 Å². The molecule has 1 amide bonds. The Morgan fingerprint density at radius 3 is 2.95 bits per heavy atom.